The summed E-state index contributed by atoms with van der Waals surface area (Å²) in [5.41, 5.74) is 6.69. The maximum atomic E-state index is 5.84. The van der Waals surface area contributed by atoms with Crippen LogP contribution < -0.4 is 10.2 Å². The van der Waals surface area contributed by atoms with E-state index in [1.165, 1.54) is 0 Å². The number of hydrogen-bond donors (Lipinski definition) is 1. The van der Waals surface area contributed by atoms with Gasteiger partial charge in [0.05, 0.1) is 6.21 Å². The molecule has 0 amide bonds. The fraction of sp³-hybridized carbons (Fsp3) is 0.150. The molecule has 27 heavy (non-hydrogen) atoms. The van der Waals surface area contributed by atoms with Crippen molar-refractivity contribution in [2.45, 2.75) is 20.5 Å². The van der Waals surface area contributed by atoms with E-state index in [0.717, 1.165) is 37.2 Å². The quantitative estimate of drug-likeness (QED) is 0.359. The number of ether oxygens (including phenoxy) is 1. The largest absolute Gasteiger partial charge is 0.489 e. The van der Waals surface area contributed by atoms with E-state index in [9.17, 15) is 0 Å². The predicted molar refractivity (Wildman–Crippen MR) is 115 cm³/mol. The molecule has 3 aromatic rings. The Morgan fingerprint density at radius 1 is 1.00 bits per heavy atom. The molecule has 138 valence electrons. The Hall–Kier alpha value is -2.25. The van der Waals surface area contributed by atoms with Gasteiger partial charge in [0.25, 0.3) is 0 Å². The van der Waals surface area contributed by atoms with Gasteiger partial charge in [-0.15, -0.1) is 0 Å². The molecule has 1 N–H and O–H groups in total. The Kier molecular flexibility index (Phi) is 6.58. The molecule has 2 aromatic carbocycles. The minimum absolute atomic E-state index is 0.490. The topological polar surface area (TPSA) is 59.4 Å². The SMILES string of the molecule is Cc1cc(C)nc(N/N=C/c2ccc(OCc3ccc(Br)cc3Br)cc2)n1. The lowest BCUT2D eigenvalue weighted by Gasteiger charge is -2.08. The highest BCUT2D eigenvalue weighted by Gasteiger charge is 2.02. The summed E-state index contributed by atoms with van der Waals surface area (Å²) >= 11 is 6.99. The van der Waals surface area contributed by atoms with Crippen LogP contribution in [0.5, 0.6) is 5.75 Å². The fourth-order valence-electron chi connectivity index (χ4n) is 2.39. The number of aromatic nitrogens is 2. The Labute approximate surface area is 175 Å². The molecule has 1 heterocycles. The lowest BCUT2D eigenvalue weighted by Crippen LogP contribution is -2.00. The minimum atomic E-state index is 0.490. The average molecular weight is 490 g/mol. The Balaban J connectivity index is 1.56. The first kappa shape index (κ1) is 19.5. The molecule has 0 saturated carbocycles. The molecule has 7 heteroatoms. The van der Waals surface area contributed by atoms with E-state index in [1.807, 2.05) is 62.4 Å². The zero-order chi connectivity index (χ0) is 19.2. The van der Waals surface area contributed by atoms with Crippen LogP contribution in [0, 0.1) is 13.8 Å². The normalized spacial score (nSPS) is 11.0. The molecule has 1 aromatic heterocycles. The van der Waals surface area contributed by atoms with Crippen molar-refractivity contribution >= 4 is 44.0 Å². The Bertz CT molecular complexity index is 938. The second kappa shape index (κ2) is 9.10. The summed E-state index contributed by atoms with van der Waals surface area (Å²) in [6, 6.07) is 15.7. The number of anilines is 1. The van der Waals surface area contributed by atoms with Crippen molar-refractivity contribution in [3.63, 3.8) is 0 Å². The lowest BCUT2D eigenvalue weighted by atomic mass is 10.2. The number of hydrazone groups is 1. The van der Waals surface area contributed by atoms with E-state index in [-0.39, 0.29) is 0 Å². The van der Waals surface area contributed by atoms with Crippen LogP contribution in [0.4, 0.5) is 5.95 Å². The van der Waals surface area contributed by atoms with Crippen LogP contribution in [0.15, 0.2) is 62.6 Å². The highest BCUT2D eigenvalue weighted by Crippen LogP contribution is 2.23. The third kappa shape index (κ3) is 5.87. The van der Waals surface area contributed by atoms with Crippen LogP contribution in [-0.2, 0) is 6.61 Å². The summed E-state index contributed by atoms with van der Waals surface area (Å²) in [6.45, 7) is 4.34. The molecule has 0 aliphatic carbocycles. The zero-order valence-electron chi connectivity index (χ0n) is 14.9. The smallest absolute Gasteiger partial charge is 0.243 e. The van der Waals surface area contributed by atoms with E-state index in [2.05, 4.69) is 52.4 Å². The van der Waals surface area contributed by atoms with Gasteiger partial charge in [-0.25, -0.2) is 15.4 Å². The molecule has 0 aliphatic rings. The van der Waals surface area contributed by atoms with Gasteiger partial charge in [0.1, 0.15) is 12.4 Å². The number of aryl methyl sites for hydroxylation is 2. The second-order valence-corrected chi connectivity index (χ2v) is 7.71. The molecule has 0 radical (unpaired) electrons. The maximum Gasteiger partial charge on any atom is 0.243 e. The molecule has 5 nitrogen and oxygen atoms in total. The first-order valence-corrected chi connectivity index (χ1v) is 9.86. The summed E-state index contributed by atoms with van der Waals surface area (Å²) in [7, 11) is 0. The molecular weight excluding hydrogens is 472 g/mol. The van der Waals surface area contributed by atoms with Crippen molar-refractivity contribution in [3.05, 3.63) is 80.0 Å². The first-order chi connectivity index (χ1) is 13.0. The van der Waals surface area contributed by atoms with Crippen LogP contribution in [0.25, 0.3) is 0 Å². The minimum Gasteiger partial charge on any atom is -0.489 e. The standard InChI is InChI=1S/C20H18Br2N4O/c1-13-9-14(2)25-20(24-13)26-23-11-15-3-7-18(8-4-15)27-12-16-5-6-17(21)10-19(16)22/h3-11H,12H2,1-2H3,(H,24,25,26)/b23-11+. The fourth-order valence-corrected chi connectivity index (χ4v) is 3.55. The highest BCUT2D eigenvalue weighted by atomic mass is 79.9. The Morgan fingerprint density at radius 3 is 2.37 bits per heavy atom. The van der Waals surface area contributed by atoms with Crippen molar-refractivity contribution in [1.29, 1.82) is 0 Å². The predicted octanol–water partition coefficient (Wildman–Crippen LogP) is 5.64. The van der Waals surface area contributed by atoms with Crippen molar-refractivity contribution in [3.8, 4) is 5.75 Å². The number of nitrogens with one attached hydrogen (secondary N) is 1. The van der Waals surface area contributed by atoms with Crippen molar-refractivity contribution < 1.29 is 4.74 Å². The number of nitrogens with zero attached hydrogens (tertiary/aromatic N) is 3. The Morgan fingerprint density at radius 2 is 1.70 bits per heavy atom. The van der Waals surface area contributed by atoms with Gasteiger partial charge in [0, 0.05) is 25.9 Å². The van der Waals surface area contributed by atoms with Crippen LogP contribution >= 0.6 is 31.9 Å². The molecule has 0 unspecified atom stereocenters. The molecule has 3 rings (SSSR count). The van der Waals surface area contributed by atoms with E-state index in [0.29, 0.717) is 12.6 Å². The second-order valence-electron chi connectivity index (χ2n) is 5.94. The van der Waals surface area contributed by atoms with Gasteiger partial charge in [-0.2, -0.15) is 5.10 Å². The van der Waals surface area contributed by atoms with Crippen LogP contribution in [-0.4, -0.2) is 16.2 Å². The van der Waals surface area contributed by atoms with Crippen molar-refractivity contribution in [2.24, 2.45) is 5.10 Å². The summed E-state index contributed by atoms with van der Waals surface area (Å²) < 4.78 is 7.89. The first-order valence-electron chi connectivity index (χ1n) is 8.28. The third-order valence-corrected chi connectivity index (χ3v) is 4.88. The van der Waals surface area contributed by atoms with Gasteiger partial charge in [-0.1, -0.05) is 37.9 Å². The summed E-state index contributed by atoms with van der Waals surface area (Å²) in [5.74, 6) is 1.29. The maximum absolute atomic E-state index is 5.84. The van der Waals surface area contributed by atoms with E-state index >= 15 is 0 Å². The molecular formula is C20H18Br2N4O. The molecule has 0 bridgehead atoms. The summed E-state index contributed by atoms with van der Waals surface area (Å²) in [4.78, 5) is 8.56. The van der Waals surface area contributed by atoms with E-state index in [4.69, 9.17) is 4.74 Å². The van der Waals surface area contributed by atoms with Gasteiger partial charge < -0.3 is 4.74 Å². The molecule has 0 atom stereocenters. The van der Waals surface area contributed by atoms with E-state index in [1.54, 1.807) is 6.21 Å². The van der Waals surface area contributed by atoms with Gasteiger partial charge >= 0.3 is 0 Å². The van der Waals surface area contributed by atoms with Crippen LogP contribution in [0.1, 0.15) is 22.5 Å². The lowest BCUT2D eigenvalue weighted by molar-refractivity contribution is 0.305. The van der Waals surface area contributed by atoms with Crippen LogP contribution in [0.2, 0.25) is 0 Å². The van der Waals surface area contributed by atoms with E-state index < -0.39 is 0 Å². The zero-order valence-corrected chi connectivity index (χ0v) is 18.1. The van der Waals surface area contributed by atoms with Gasteiger partial charge in [-0.05, 0) is 61.9 Å². The highest BCUT2D eigenvalue weighted by molar-refractivity contribution is 9.11. The molecule has 0 spiro atoms. The van der Waals surface area contributed by atoms with Crippen molar-refractivity contribution in [2.75, 3.05) is 5.43 Å². The third-order valence-electron chi connectivity index (χ3n) is 3.65. The number of halogens is 2. The van der Waals surface area contributed by atoms with Gasteiger partial charge in [0.2, 0.25) is 5.95 Å². The molecule has 0 fully saturated rings. The summed E-state index contributed by atoms with van der Waals surface area (Å²) in [6.07, 6.45) is 1.72. The van der Waals surface area contributed by atoms with Gasteiger partial charge in [-0.3, -0.25) is 0 Å². The summed E-state index contributed by atoms with van der Waals surface area (Å²) in [5, 5.41) is 4.19. The van der Waals surface area contributed by atoms with Gasteiger partial charge in [0.15, 0.2) is 0 Å². The molecule has 0 saturated heterocycles. The molecule has 0 aliphatic heterocycles. The van der Waals surface area contributed by atoms with Crippen molar-refractivity contribution in [1.82, 2.24) is 9.97 Å². The monoisotopic (exact) mass is 488 g/mol. The van der Waals surface area contributed by atoms with Crippen LogP contribution in [0.3, 0.4) is 0 Å². The number of hydrogen-bond acceptors (Lipinski definition) is 5. The average Bonchev–Trinajstić information content (AvgIpc) is 2.61. The number of benzene rings is 2. The number of rotatable bonds is 6.